The number of hydrogen-bond acceptors (Lipinski definition) is 2. The van der Waals surface area contributed by atoms with Crippen molar-refractivity contribution >= 4 is 0 Å². The Morgan fingerprint density at radius 3 is 2.88 bits per heavy atom. The smallest absolute Gasteiger partial charge is 0.0987 e. The van der Waals surface area contributed by atoms with Crippen LogP contribution in [0.1, 0.15) is 43.9 Å². The maximum Gasteiger partial charge on any atom is 0.0987 e. The van der Waals surface area contributed by atoms with Crippen LogP contribution in [0.25, 0.3) is 0 Å². The van der Waals surface area contributed by atoms with Gasteiger partial charge in [-0.1, -0.05) is 24.3 Å². The molecule has 2 nitrogen and oxygen atoms in total. The van der Waals surface area contributed by atoms with Crippen LogP contribution in [0.4, 0.5) is 0 Å². The summed E-state index contributed by atoms with van der Waals surface area (Å²) in [6.45, 7) is 5.53. The third-order valence-corrected chi connectivity index (χ3v) is 3.89. The van der Waals surface area contributed by atoms with E-state index in [-0.39, 0.29) is 11.7 Å². The van der Waals surface area contributed by atoms with Crippen molar-refractivity contribution in [3.05, 3.63) is 35.4 Å². The number of hydrogen-bond donors (Lipinski definition) is 1. The van der Waals surface area contributed by atoms with Crippen molar-refractivity contribution in [1.29, 1.82) is 0 Å². The third kappa shape index (κ3) is 2.12. The van der Waals surface area contributed by atoms with Crippen LogP contribution < -0.4 is 5.32 Å². The predicted octanol–water partition coefficient (Wildman–Crippen LogP) is 2.83. The fourth-order valence-electron chi connectivity index (χ4n) is 3.15. The van der Waals surface area contributed by atoms with Crippen LogP contribution in [-0.4, -0.2) is 18.2 Å². The highest BCUT2D eigenvalue weighted by molar-refractivity contribution is 5.33. The Kier molecular flexibility index (Phi) is 2.72. The fraction of sp³-hybridized carbons (Fsp3) is 0.600. The van der Waals surface area contributed by atoms with Crippen LogP contribution in [-0.2, 0) is 11.2 Å². The summed E-state index contributed by atoms with van der Waals surface area (Å²) in [5.74, 6) is 0. The van der Waals surface area contributed by atoms with E-state index in [2.05, 4.69) is 43.4 Å². The highest BCUT2D eigenvalue weighted by atomic mass is 16.5. The molecule has 2 atom stereocenters. The Morgan fingerprint density at radius 1 is 1.29 bits per heavy atom. The van der Waals surface area contributed by atoms with Gasteiger partial charge in [-0.3, -0.25) is 0 Å². The average Bonchev–Trinajstić information content (AvgIpc) is 2.80. The van der Waals surface area contributed by atoms with Crippen LogP contribution >= 0.6 is 0 Å². The first kappa shape index (κ1) is 11.2. The monoisotopic (exact) mass is 231 g/mol. The summed E-state index contributed by atoms with van der Waals surface area (Å²) >= 11 is 0. The number of ether oxygens (including phenoxy) is 1. The topological polar surface area (TPSA) is 21.3 Å². The quantitative estimate of drug-likeness (QED) is 0.802. The lowest BCUT2D eigenvalue weighted by molar-refractivity contribution is -0.0969. The van der Waals surface area contributed by atoms with Gasteiger partial charge in [-0.05, 0) is 44.4 Å². The molecule has 0 bridgehead atoms. The van der Waals surface area contributed by atoms with Crippen molar-refractivity contribution in [2.45, 2.75) is 50.9 Å². The van der Waals surface area contributed by atoms with E-state index >= 15 is 0 Å². The summed E-state index contributed by atoms with van der Waals surface area (Å²) in [7, 11) is 0. The third-order valence-electron chi connectivity index (χ3n) is 3.89. The van der Waals surface area contributed by atoms with Gasteiger partial charge in [-0.25, -0.2) is 0 Å². The first-order chi connectivity index (χ1) is 8.16. The maximum absolute atomic E-state index is 6.32. The van der Waals surface area contributed by atoms with E-state index in [0.29, 0.717) is 6.04 Å². The molecule has 1 unspecified atom stereocenters. The normalized spacial score (nSPS) is 31.2. The van der Waals surface area contributed by atoms with E-state index in [0.717, 1.165) is 13.0 Å². The molecule has 92 valence electrons. The lowest BCUT2D eigenvalue weighted by Gasteiger charge is -2.40. The molecule has 17 heavy (non-hydrogen) atoms. The number of fused-ring (bicyclic) bond motifs is 1. The molecule has 3 rings (SSSR count). The molecule has 0 saturated carbocycles. The molecule has 1 saturated heterocycles. The van der Waals surface area contributed by atoms with E-state index in [4.69, 9.17) is 4.74 Å². The zero-order chi connectivity index (χ0) is 11.9. The second-order valence-corrected chi connectivity index (χ2v) is 5.88. The average molecular weight is 231 g/mol. The van der Waals surface area contributed by atoms with E-state index in [1.165, 1.54) is 24.0 Å². The molecule has 2 aliphatic rings. The van der Waals surface area contributed by atoms with Gasteiger partial charge in [-0.15, -0.1) is 0 Å². The summed E-state index contributed by atoms with van der Waals surface area (Å²) < 4.78 is 6.32. The van der Waals surface area contributed by atoms with Crippen molar-refractivity contribution in [1.82, 2.24) is 5.32 Å². The number of nitrogens with one attached hydrogen (secondary N) is 1. The minimum absolute atomic E-state index is 0.0384. The molecule has 0 radical (unpaired) electrons. The van der Waals surface area contributed by atoms with Crippen LogP contribution in [0.2, 0.25) is 0 Å². The molecule has 1 fully saturated rings. The van der Waals surface area contributed by atoms with E-state index < -0.39 is 0 Å². The Morgan fingerprint density at radius 2 is 2.12 bits per heavy atom. The summed E-state index contributed by atoms with van der Waals surface area (Å²) in [6, 6.07) is 9.24. The second kappa shape index (κ2) is 4.11. The van der Waals surface area contributed by atoms with Crippen molar-refractivity contribution in [2.75, 3.05) is 6.54 Å². The van der Waals surface area contributed by atoms with E-state index in [9.17, 15) is 0 Å². The Bertz CT molecular complexity index is 407. The lowest BCUT2D eigenvalue weighted by Crippen LogP contribution is -2.41. The summed E-state index contributed by atoms with van der Waals surface area (Å²) in [5, 5.41) is 3.58. The Hall–Kier alpha value is -0.860. The standard InChI is InChI=1S/C15H21NO/c1-15(2)10-11-6-3-4-7-12(11)14(17-15)13-8-5-9-16-13/h3-4,6-7,13-14,16H,5,8-10H2,1-2H3/t13?,14-/m1/s1. The van der Waals surface area contributed by atoms with Crippen molar-refractivity contribution < 1.29 is 4.74 Å². The maximum atomic E-state index is 6.32. The minimum atomic E-state index is -0.0384. The van der Waals surface area contributed by atoms with Gasteiger partial charge >= 0.3 is 0 Å². The predicted molar refractivity (Wildman–Crippen MR) is 69.1 cm³/mol. The molecule has 2 heterocycles. The highest BCUT2D eigenvalue weighted by Gasteiger charge is 2.37. The van der Waals surface area contributed by atoms with Gasteiger partial charge in [0.2, 0.25) is 0 Å². The van der Waals surface area contributed by atoms with Gasteiger partial charge in [0.25, 0.3) is 0 Å². The highest BCUT2D eigenvalue weighted by Crippen LogP contribution is 2.39. The second-order valence-electron chi connectivity index (χ2n) is 5.88. The van der Waals surface area contributed by atoms with Gasteiger partial charge in [0.05, 0.1) is 11.7 Å². The first-order valence-corrected chi connectivity index (χ1v) is 6.65. The molecular weight excluding hydrogens is 210 g/mol. The minimum Gasteiger partial charge on any atom is -0.366 e. The summed E-state index contributed by atoms with van der Waals surface area (Å²) in [4.78, 5) is 0. The van der Waals surface area contributed by atoms with Crippen LogP contribution in [0.15, 0.2) is 24.3 Å². The Balaban J connectivity index is 1.97. The molecule has 0 spiro atoms. The van der Waals surface area contributed by atoms with Gasteiger partial charge in [0, 0.05) is 12.5 Å². The molecule has 2 heteroatoms. The van der Waals surface area contributed by atoms with Gasteiger partial charge in [0.15, 0.2) is 0 Å². The van der Waals surface area contributed by atoms with Crippen LogP contribution in [0.3, 0.4) is 0 Å². The molecule has 0 aliphatic carbocycles. The molecule has 0 aromatic heterocycles. The molecule has 2 aliphatic heterocycles. The molecular formula is C15H21NO. The van der Waals surface area contributed by atoms with Crippen molar-refractivity contribution in [3.8, 4) is 0 Å². The van der Waals surface area contributed by atoms with Gasteiger partial charge < -0.3 is 10.1 Å². The molecule has 1 aromatic rings. The zero-order valence-electron chi connectivity index (χ0n) is 10.7. The largest absolute Gasteiger partial charge is 0.366 e. The van der Waals surface area contributed by atoms with Crippen LogP contribution in [0.5, 0.6) is 0 Å². The van der Waals surface area contributed by atoms with Crippen LogP contribution in [0, 0.1) is 0 Å². The first-order valence-electron chi connectivity index (χ1n) is 6.65. The Labute approximate surface area is 103 Å². The van der Waals surface area contributed by atoms with Crippen molar-refractivity contribution in [3.63, 3.8) is 0 Å². The SMILES string of the molecule is CC1(C)Cc2ccccc2[C@H](C2CCCN2)O1. The summed E-state index contributed by atoms with van der Waals surface area (Å²) in [5.41, 5.74) is 2.82. The summed E-state index contributed by atoms with van der Waals surface area (Å²) in [6.07, 6.45) is 3.76. The van der Waals surface area contributed by atoms with Gasteiger partial charge in [0.1, 0.15) is 0 Å². The number of benzene rings is 1. The van der Waals surface area contributed by atoms with Crippen molar-refractivity contribution in [2.24, 2.45) is 0 Å². The van der Waals surface area contributed by atoms with E-state index in [1.54, 1.807) is 0 Å². The molecule has 1 aromatic carbocycles. The zero-order valence-corrected chi connectivity index (χ0v) is 10.7. The van der Waals surface area contributed by atoms with E-state index in [1.807, 2.05) is 0 Å². The molecule has 0 amide bonds. The lowest BCUT2D eigenvalue weighted by atomic mass is 9.86. The number of rotatable bonds is 1. The van der Waals surface area contributed by atoms with Gasteiger partial charge in [-0.2, -0.15) is 0 Å². The molecule has 1 N–H and O–H groups in total. The fourth-order valence-corrected chi connectivity index (χ4v) is 3.15.